The van der Waals surface area contributed by atoms with E-state index < -0.39 is 0 Å². The molecule has 1 amide bonds. The first kappa shape index (κ1) is 23.0. The van der Waals surface area contributed by atoms with Crippen LogP contribution in [-0.2, 0) is 6.61 Å². The summed E-state index contributed by atoms with van der Waals surface area (Å²) >= 11 is 0. The maximum absolute atomic E-state index is 12.0. The molecule has 1 heterocycles. The monoisotopic (exact) mass is 387 g/mol. The lowest BCUT2D eigenvalue weighted by Gasteiger charge is -2.13. The Bertz CT molecular complexity index is 642. The van der Waals surface area contributed by atoms with E-state index in [9.17, 15) is 4.79 Å². The van der Waals surface area contributed by atoms with Gasteiger partial charge in [-0.1, -0.05) is 6.07 Å². The highest BCUT2D eigenvalue weighted by atomic mass is 35.5. The molecule has 1 aromatic carbocycles. The van der Waals surface area contributed by atoms with E-state index in [4.69, 9.17) is 15.2 Å². The highest BCUT2D eigenvalue weighted by molar-refractivity contribution is 5.94. The molecule has 0 aliphatic carbocycles. The summed E-state index contributed by atoms with van der Waals surface area (Å²) in [5.74, 6) is 0.943. The van der Waals surface area contributed by atoms with Gasteiger partial charge in [0.1, 0.15) is 6.61 Å². The Labute approximate surface area is 159 Å². The van der Waals surface area contributed by atoms with E-state index in [1.54, 1.807) is 30.6 Å². The first-order chi connectivity index (χ1) is 11.2. The van der Waals surface area contributed by atoms with Gasteiger partial charge in [0.05, 0.1) is 6.61 Å². The molecular formula is C17H23Cl2N3O3. The molecule has 25 heavy (non-hydrogen) atoms. The van der Waals surface area contributed by atoms with Crippen LogP contribution >= 0.6 is 24.8 Å². The Hall–Kier alpha value is -2.02. The van der Waals surface area contributed by atoms with Gasteiger partial charge in [-0.15, -0.1) is 24.8 Å². The van der Waals surface area contributed by atoms with Crippen molar-refractivity contribution in [1.29, 1.82) is 0 Å². The van der Waals surface area contributed by atoms with Crippen molar-refractivity contribution in [3.05, 3.63) is 53.9 Å². The summed E-state index contributed by atoms with van der Waals surface area (Å²) in [5, 5.41) is 2.73. The largest absolute Gasteiger partial charge is 0.490 e. The van der Waals surface area contributed by atoms with E-state index in [0.29, 0.717) is 43.4 Å². The summed E-state index contributed by atoms with van der Waals surface area (Å²) in [7, 11) is 0. The fourth-order valence-corrected chi connectivity index (χ4v) is 1.97. The highest BCUT2D eigenvalue weighted by Gasteiger charge is 2.11. The average Bonchev–Trinajstić information content (AvgIpc) is 2.59. The van der Waals surface area contributed by atoms with Crippen LogP contribution in [0.3, 0.4) is 0 Å². The summed E-state index contributed by atoms with van der Waals surface area (Å²) in [5.41, 5.74) is 6.85. The number of nitrogens with two attached hydrogens (primary N) is 1. The summed E-state index contributed by atoms with van der Waals surface area (Å²) in [6.07, 6.45) is 3.46. The quantitative estimate of drug-likeness (QED) is 0.726. The minimum absolute atomic E-state index is 0. The van der Waals surface area contributed by atoms with Gasteiger partial charge in [-0.25, -0.2) is 0 Å². The van der Waals surface area contributed by atoms with Crippen molar-refractivity contribution in [3.63, 3.8) is 0 Å². The number of halogens is 2. The Kier molecular flexibility index (Phi) is 11.4. The number of pyridine rings is 1. The van der Waals surface area contributed by atoms with Crippen molar-refractivity contribution in [1.82, 2.24) is 10.3 Å². The number of ether oxygens (including phenoxy) is 2. The molecule has 2 aromatic rings. The van der Waals surface area contributed by atoms with Crippen molar-refractivity contribution in [2.45, 2.75) is 13.5 Å². The van der Waals surface area contributed by atoms with Crippen LogP contribution in [0.15, 0.2) is 42.7 Å². The van der Waals surface area contributed by atoms with Crippen LogP contribution in [0.25, 0.3) is 0 Å². The molecule has 8 heteroatoms. The Morgan fingerprint density at radius 1 is 1.20 bits per heavy atom. The fraction of sp³-hybridized carbons (Fsp3) is 0.294. The van der Waals surface area contributed by atoms with Crippen LogP contribution in [0.1, 0.15) is 22.8 Å². The molecule has 6 nitrogen and oxygen atoms in total. The Morgan fingerprint density at radius 2 is 2.00 bits per heavy atom. The van der Waals surface area contributed by atoms with Gasteiger partial charge in [0.25, 0.3) is 5.91 Å². The van der Waals surface area contributed by atoms with Crippen LogP contribution in [0, 0.1) is 0 Å². The summed E-state index contributed by atoms with van der Waals surface area (Å²) in [6.45, 7) is 3.58. The van der Waals surface area contributed by atoms with Crippen molar-refractivity contribution in [2.75, 3.05) is 19.7 Å². The minimum atomic E-state index is -0.185. The van der Waals surface area contributed by atoms with Gasteiger partial charge < -0.3 is 20.5 Å². The summed E-state index contributed by atoms with van der Waals surface area (Å²) in [6, 6.07) is 8.90. The molecule has 0 aliphatic rings. The van der Waals surface area contributed by atoms with E-state index >= 15 is 0 Å². The molecule has 0 spiro atoms. The Balaban J connectivity index is 0.00000288. The molecule has 3 N–H and O–H groups in total. The second-order valence-corrected chi connectivity index (χ2v) is 4.79. The zero-order valence-corrected chi connectivity index (χ0v) is 15.6. The van der Waals surface area contributed by atoms with E-state index in [2.05, 4.69) is 10.3 Å². The lowest BCUT2D eigenvalue weighted by Crippen LogP contribution is -2.28. The number of hydrogen-bond donors (Lipinski definition) is 2. The molecule has 0 unspecified atom stereocenters. The first-order valence-electron chi connectivity index (χ1n) is 7.51. The normalized spacial score (nSPS) is 9.36. The molecule has 0 saturated heterocycles. The van der Waals surface area contributed by atoms with Crippen LogP contribution in [0.2, 0.25) is 0 Å². The number of rotatable bonds is 8. The van der Waals surface area contributed by atoms with Gasteiger partial charge in [-0.05, 0) is 31.2 Å². The van der Waals surface area contributed by atoms with Crippen LogP contribution in [-0.4, -0.2) is 30.6 Å². The highest BCUT2D eigenvalue weighted by Crippen LogP contribution is 2.29. The van der Waals surface area contributed by atoms with E-state index in [0.717, 1.165) is 5.56 Å². The molecule has 0 saturated carbocycles. The molecule has 138 valence electrons. The standard InChI is InChI=1S/C17H21N3O3.2ClH/c1-2-22-16-10-14(17(21)20-9-7-18)5-6-15(16)23-12-13-4-3-8-19-11-13;;/h3-6,8,10-11H,2,7,9,12,18H2,1H3,(H,20,21);2*1H. The van der Waals surface area contributed by atoms with Gasteiger partial charge in [0, 0.05) is 36.6 Å². The first-order valence-corrected chi connectivity index (χ1v) is 7.51. The van der Waals surface area contributed by atoms with Crippen LogP contribution in [0.4, 0.5) is 0 Å². The van der Waals surface area contributed by atoms with Gasteiger partial charge in [-0.2, -0.15) is 0 Å². The molecular weight excluding hydrogens is 365 g/mol. The molecule has 0 bridgehead atoms. The number of aromatic nitrogens is 1. The molecule has 0 aliphatic heterocycles. The third-order valence-electron chi connectivity index (χ3n) is 3.05. The molecule has 0 atom stereocenters. The predicted molar refractivity (Wildman–Crippen MR) is 102 cm³/mol. The third-order valence-corrected chi connectivity index (χ3v) is 3.05. The van der Waals surface area contributed by atoms with Crippen molar-refractivity contribution >= 4 is 30.7 Å². The third kappa shape index (κ3) is 7.17. The lowest BCUT2D eigenvalue weighted by atomic mass is 10.2. The number of nitrogens with one attached hydrogen (secondary N) is 1. The van der Waals surface area contributed by atoms with Gasteiger partial charge >= 0.3 is 0 Å². The van der Waals surface area contributed by atoms with E-state index in [-0.39, 0.29) is 30.7 Å². The molecule has 2 rings (SSSR count). The topological polar surface area (TPSA) is 86.5 Å². The second-order valence-electron chi connectivity index (χ2n) is 4.79. The molecule has 0 fully saturated rings. The van der Waals surface area contributed by atoms with Crippen molar-refractivity contribution < 1.29 is 14.3 Å². The van der Waals surface area contributed by atoms with Gasteiger partial charge in [-0.3, -0.25) is 9.78 Å². The van der Waals surface area contributed by atoms with Crippen LogP contribution in [0.5, 0.6) is 11.5 Å². The second kappa shape index (κ2) is 12.4. The molecule has 1 aromatic heterocycles. The minimum Gasteiger partial charge on any atom is -0.490 e. The summed E-state index contributed by atoms with van der Waals surface area (Å²) in [4.78, 5) is 16.0. The maximum atomic E-state index is 12.0. The average molecular weight is 388 g/mol. The van der Waals surface area contributed by atoms with E-state index in [1.165, 1.54) is 0 Å². The number of hydrogen-bond acceptors (Lipinski definition) is 5. The van der Waals surface area contributed by atoms with Gasteiger partial charge in [0.15, 0.2) is 11.5 Å². The predicted octanol–water partition coefficient (Wildman–Crippen LogP) is 2.59. The summed E-state index contributed by atoms with van der Waals surface area (Å²) < 4.78 is 11.4. The smallest absolute Gasteiger partial charge is 0.251 e. The molecule has 0 radical (unpaired) electrons. The number of amides is 1. The maximum Gasteiger partial charge on any atom is 0.251 e. The van der Waals surface area contributed by atoms with Crippen LogP contribution < -0.4 is 20.5 Å². The van der Waals surface area contributed by atoms with E-state index in [1.807, 2.05) is 19.1 Å². The number of carbonyl (C=O) groups is 1. The fourth-order valence-electron chi connectivity index (χ4n) is 1.97. The number of nitrogens with zero attached hydrogens (tertiary/aromatic N) is 1. The zero-order valence-electron chi connectivity index (χ0n) is 13.9. The van der Waals surface area contributed by atoms with Gasteiger partial charge in [0.2, 0.25) is 0 Å². The van der Waals surface area contributed by atoms with Crippen molar-refractivity contribution in [2.24, 2.45) is 5.73 Å². The lowest BCUT2D eigenvalue weighted by molar-refractivity contribution is 0.0954. The number of benzene rings is 1. The SMILES string of the molecule is CCOc1cc(C(=O)NCCN)ccc1OCc1cccnc1.Cl.Cl. The Morgan fingerprint density at radius 3 is 2.64 bits per heavy atom. The number of carbonyl (C=O) groups excluding carboxylic acids is 1. The van der Waals surface area contributed by atoms with Crippen molar-refractivity contribution in [3.8, 4) is 11.5 Å². The zero-order chi connectivity index (χ0) is 16.5.